The number of para-hydroxylation sites is 1. The van der Waals surface area contributed by atoms with Gasteiger partial charge < -0.3 is 9.30 Å². The first-order valence-electron chi connectivity index (χ1n) is 6.73. The molecule has 0 amide bonds. The van der Waals surface area contributed by atoms with Gasteiger partial charge in [-0.2, -0.15) is 0 Å². The number of rotatable bonds is 0. The second-order valence-electron chi connectivity index (χ2n) is 5.26. The third-order valence-corrected chi connectivity index (χ3v) is 4.05. The molecule has 0 bridgehead atoms. The molecule has 0 radical (unpaired) electrons. The fraction of sp³-hybridized carbons (Fsp3) is 0.118. The molecule has 0 aliphatic carbocycles. The standard InChI is InChI=1S/C17H12ClNO2/c1-10-6-12(18)7-11-9-19-14-5-3-2-4-13(14)15(20)8-16(19)21-17(10)11/h2-8H,9H2,1H3. The Morgan fingerprint density at radius 2 is 2.00 bits per heavy atom. The van der Waals surface area contributed by atoms with Gasteiger partial charge in [0.15, 0.2) is 5.43 Å². The quantitative estimate of drug-likeness (QED) is 0.489. The van der Waals surface area contributed by atoms with Crippen LogP contribution in [0.4, 0.5) is 0 Å². The summed E-state index contributed by atoms with van der Waals surface area (Å²) in [5.74, 6) is 1.38. The zero-order chi connectivity index (χ0) is 14.6. The fourth-order valence-electron chi connectivity index (χ4n) is 2.89. The summed E-state index contributed by atoms with van der Waals surface area (Å²) in [6.45, 7) is 2.60. The molecule has 0 N–H and O–H groups in total. The van der Waals surface area contributed by atoms with Crippen molar-refractivity contribution >= 4 is 22.5 Å². The monoisotopic (exact) mass is 297 g/mol. The zero-order valence-electron chi connectivity index (χ0n) is 11.4. The topological polar surface area (TPSA) is 31.2 Å². The van der Waals surface area contributed by atoms with Crippen molar-refractivity contribution in [2.75, 3.05) is 0 Å². The predicted molar refractivity (Wildman–Crippen MR) is 83.6 cm³/mol. The molecule has 0 atom stereocenters. The zero-order valence-corrected chi connectivity index (χ0v) is 12.1. The van der Waals surface area contributed by atoms with Gasteiger partial charge in [0.1, 0.15) is 5.75 Å². The van der Waals surface area contributed by atoms with Gasteiger partial charge >= 0.3 is 0 Å². The van der Waals surface area contributed by atoms with Crippen molar-refractivity contribution in [2.24, 2.45) is 0 Å². The third kappa shape index (κ3) is 1.85. The maximum absolute atomic E-state index is 12.2. The number of ether oxygens (including phenoxy) is 1. The van der Waals surface area contributed by atoms with Crippen molar-refractivity contribution < 1.29 is 4.74 Å². The van der Waals surface area contributed by atoms with Gasteiger partial charge in [-0.25, -0.2) is 0 Å². The molecule has 0 saturated heterocycles. The maximum atomic E-state index is 12.2. The molecule has 2 heterocycles. The molecule has 1 aliphatic rings. The van der Waals surface area contributed by atoms with E-state index in [1.165, 1.54) is 0 Å². The molecule has 3 nitrogen and oxygen atoms in total. The van der Waals surface area contributed by atoms with Crippen molar-refractivity contribution in [1.82, 2.24) is 4.57 Å². The highest BCUT2D eigenvalue weighted by atomic mass is 35.5. The molecule has 1 aromatic heterocycles. The lowest BCUT2D eigenvalue weighted by molar-refractivity contribution is 0.403. The van der Waals surface area contributed by atoms with Crippen LogP contribution < -0.4 is 10.2 Å². The largest absolute Gasteiger partial charge is 0.440 e. The highest BCUT2D eigenvalue weighted by Gasteiger charge is 2.20. The summed E-state index contributed by atoms with van der Waals surface area (Å²) in [6.07, 6.45) is 0. The van der Waals surface area contributed by atoms with Gasteiger partial charge in [0.05, 0.1) is 12.1 Å². The summed E-state index contributed by atoms with van der Waals surface area (Å²) >= 11 is 6.14. The summed E-state index contributed by atoms with van der Waals surface area (Å²) < 4.78 is 7.97. The molecule has 0 fully saturated rings. The Morgan fingerprint density at radius 1 is 1.19 bits per heavy atom. The number of benzene rings is 2. The fourth-order valence-corrected chi connectivity index (χ4v) is 3.18. The summed E-state index contributed by atoms with van der Waals surface area (Å²) in [5, 5.41) is 1.40. The molecule has 4 heteroatoms. The number of hydrogen-bond donors (Lipinski definition) is 0. The molecule has 0 spiro atoms. The summed E-state index contributed by atoms with van der Waals surface area (Å²) in [7, 11) is 0. The van der Waals surface area contributed by atoms with E-state index in [0.717, 1.165) is 22.4 Å². The van der Waals surface area contributed by atoms with Gasteiger partial charge in [-0.15, -0.1) is 0 Å². The summed E-state index contributed by atoms with van der Waals surface area (Å²) in [5.41, 5.74) is 2.86. The van der Waals surface area contributed by atoms with Crippen LogP contribution in [0.25, 0.3) is 10.9 Å². The predicted octanol–water partition coefficient (Wildman–Crippen LogP) is 4.12. The second kappa shape index (κ2) is 4.37. The Bertz CT molecular complexity index is 943. The molecular formula is C17H12ClNO2. The lowest BCUT2D eigenvalue weighted by Crippen LogP contribution is -2.17. The van der Waals surface area contributed by atoms with E-state index in [2.05, 4.69) is 0 Å². The first-order valence-corrected chi connectivity index (χ1v) is 7.11. The molecule has 104 valence electrons. The Balaban J connectivity index is 2.01. The van der Waals surface area contributed by atoms with Gasteiger partial charge in [-0.05, 0) is 36.8 Å². The van der Waals surface area contributed by atoms with Crippen LogP contribution in [0.1, 0.15) is 11.1 Å². The first kappa shape index (κ1) is 12.5. The summed E-state index contributed by atoms with van der Waals surface area (Å²) in [6, 6.07) is 12.9. The minimum absolute atomic E-state index is 0.0214. The Labute approximate surface area is 126 Å². The van der Waals surface area contributed by atoms with Crippen molar-refractivity contribution in [2.45, 2.75) is 13.5 Å². The maximum Gasteiger partial charge on any atom is 0.204 e. The van der Waals surface area contributed by atoms with Crippen LogP contribution in [0, 0.1) is 6.92 Å². The molecule has 3 aromatic rings. The lowest BCUT2D eigenvalue weighted by atomic mass is 10.1. The van der Waals surface area contributed by atoms with Gasteiger partial charge in [0.2, 0.25) is 5.88 Å². The van der Waals surface area contributed by atoms with E-state index >= 15 is 0 Å². The number of nitrogens with zero attached hydrogens (tertiary/aromatic N) is 1. The minimum Gasteiger partial charge on any atom is -0.440 e. The molecule has 21 heavy (non-hydrogen) atoms. The van der Waals surface area contributed by atoms with E-state index < -0.39 is 0 Å². The number of halogens is 1. The molecule has 0 saturated carbocycles. The van der Waals surface area contributed by atoms with E-state index in [9.17, 15) is 4.79 Å². The van der Waals surface area contributed by atoms with Crippen LogP contribution in [-0.2, 0) is 6.54 Å². The van der Waals surface area contributed by atoms with E-state index in [4.69, 9.17) is 16.3 Å². The molecule has 2 aromatic carbocycles. The van der Waals surface area contributed by atoms with Crippen molar-refractivity contribution in [3.05, 3.63) is 68.8 Å². The summed E-state index contributed by atoms with van der Waals surface area (Å²) in [4.78, 5) is 12.2. The van der Waals surface area contributed by atoms with Gasteiger partial charge in [0, 0.05) is 22.0 Å². The van der Waals surface area contributed by atoms with Crippen LogP contribution >= 0.6 is 11.6 Å². The van der Waals surface area contributed by atoms with Crippen molar-refractivity contribution in [3.8, 4) is 11.6 Å². The number of pyridine rings is 1. The molecule has 1 aliphatic heterocycles. The van der Waals surface area contributed by atoms with E-state index in [-0.39, 0.29) is 5.43 Å². The third-order valence-electron chi connectivity index (χ3n) is 3.83. The number of fused-ring (bicyclic) bond motifs is 4. The van der Waals surface area contributed by atoms with E-state index in [0.29, 0.717) is 22.8 Å². The first-order chi connectivity index (χ1) is 10.1. The van der Waals surface area contributed by atoms with Crippen molar-refractivity contribution in [3.63, 3.8) is 0 Å². The highest BCUT2D eigenvalue weighted by molar-refractivity contribution is 6.30. The SMILES string of the molecule is Cc1cc(Cl)cc2c1Oc1cc(=O)c3ccccc3n1C2. The van der Waals surface area contributed by atoms with E-state index in [1.54, 1.807) is 6.07 Å². The van der Waals surface area contributed by atoms with Crippen LogP contribution in [0.2, 0.25) is 5.02 Å². The number of aromatic nitrogens is 1. The Hall–Kier alpha value is -2.26. The van der Waals surface area contributed by atoms with Crippen LogP contribution in [0.3, 0.4) is 0 Å². The molecular weight excluding hydrogens is 286 g/mol. The van der Waals surface area contributed by atoms with Gasteiger partial charge in [-0.1, -0.05) is 23.7 Å². The minimum atomic E-state index is -0.0214. The van der Waals surface area contributed by atoms with Crippen LogP contribution in [-0.4, -0.2) is 4.57 Å². The smallest absolute Gasteiger partial charge is 0.204 e. The normalized spacial score (nSPS) is 12.7. The second-order valence-corrected chi connectivity index (χ2v) is 5.70. The number of hydrogen-bond acceptors (Lipinski definition) is 2. The van der Waals surface area contributed by atoms with Crippen LogP contribution in [0.5, 0.6) is 11.6 Å². The van der Waals surface area contributed by atoms with Gasteiger partial charge in [0.25, 0.3) is 0 Å². The van der Waals surface area contributed by atoms with Crippen molar-refractivity contribution in [1.29, 1.82) is 0 Å². The molecule has 4 rings (SSSR count). The highest BCUT2D eigenvalue weighted by Crippen LogP contribution is 2.37. The lowest BCUT2D eigenvalue weighted by Gasteiger charge is -2.25. The Kier molecular flexibility index (Phi) is 2.59. The molecule has 0 unspecified atom stereocenters. The van der Waals surface area contributed by atoms with Crippen LogP contribution in [0.15, 0.2) is 47.3 Å². The average molecular weight is 298 g/mol. The van der Waals surface area contributed by atoms with Gasteiger partial charge in [-0.3, -0.25) is 4.79 Å². The Morgan fingerprint density at radius 3 is 2.86 bits per heavy atom. The van der Waals surface area contributed by atoms with E-state index in [1.807, 2.05) is 47.9 Å². The number of aryl methyl sites for hydroxylation is 1. The average Bonchev–Trinajstić information content (AvgIpc) is 2.47.